The Labute approximate surface area is 123 Å². The Kier molecular flexibility index (Phi) is 3.79. The van der Waals surface area contributed by atoms with E-state index in [0.717, 1.165) is 22.0 Å². The summed E-state index contributed by atoms with van der Waals surface area (Å²) in [5, 5.41) is 1.12. The van der Waals surface area contributed by atoms with Crippen molar-refractivity contribution in [3.63, 3.8) is 0 Å². The number of allylic oxidation sites excluding steroid dienone is 2. The summed E-state index contributed by atoms with van der Waals surface area (Å²) in [4.78, 5) is 15.1. The molecule has 1 aromatic heterocycles. The highest BCUT2D eigenvalue weighted by molar-refractivity contribution is 6.05. The lowest BCUT2D eigenvalue weighted by molar-refractivity contribution is -0.110. The van der Waals surface area contributed by atoms with Crippen LogP contribution in [0.1, 0.15) is 11.1 Å². The van der Waals surface area contributed by atoms with Crippen LogP contribution in [0.15, 0.2) is 72.9 Å². The minimum absolute atomic E-state index is 0.0239. The van der Waals surface area contributed by atoms with E-state index in [9.17, 15) is 4.79 Å². The van der Waals surface area contributed by atoms with E-state index in [1.54, 1.807) is 12.2 Å². The van der Waals surface area contributed by atoms with Crippen LogP contribution in [-0.2, 0) is 4.79 Å². The van der Waals surface area contributed by atoms with Crippen LogP contribution in [0.2, 0.25) is 0 Å². The summed E-state index contributed by atoms with van der Waals surface area (Å²) in [5.74, 6) is -0.0239. The zero-order valence-corrected chi connectivity index (χ0v) is 11.5. The number of para-hydroxylation sites is 1. The molecule has 1 heterocycles. The van der Waals surface area contributed by atoms with Crippen LogP contribution >= 0.6 is 0 Å². The quantitative estimate of drug-likeness (QED) is 0.699. The van der Waals surface area contributed by atoms with Crippen molar-refractivity contribution in [3.8, 4) is 0 Å². The van der Waals surface area contributed by atoms with E-state index in [2.05, 4.69) is 4.98 Å². The van der Waals surface area contributed by atoms with Crippen LogP contribution in [0.25, 0.3) is 23.1 Å². The number of H-pyrrole nitrogens is 1. The van der Waals surface area contributed by atoms with Gasteiger partial charge in [-0.3, -0.25) is 4.79 Å². The molecule has 2 nitrogen and oxygen atoms in total. The zero-order valence-electron chi connectivity index (χ0n) is 11.5. The van der Waals surface area contributed by atoms with Crippen LogP contribution in [0.3, 0.4) is 0 Å². The topological polar surface area (TPSA) is 32.9 Å². The van der Waals surface area contributed by atoms with E-state index in [4.69, 9.17) is 0 Å². The summed E-state index contributed by atoms with van der Waals surface area (Å²) in [5.41, 5.74) is 3.11. The fourth-order valence-electron chi connectivity index (χ4n) is 2.20. The fourth-order valence-corrected chi connectivity index (χ4v) is 2.20. The molecule has 0 aliphatic rings. The maximum Gasteiger partial charge on any atom is 0.178 e. The molecule has 0 saturated carbocycles. The molecule has 0 saturated heterocycles. The minimum atomic E-state index is -0.0239. The summed E-state index contributed by atoms with van der Waals surface area (Å²) >= 11 is 0. The molecule has 0 amide bonds. The molecule has 0 unspecified atom stereocenters. The summed E-state index contributed by atoms with van der Waals surface area (Å²) in [7, 11) is 0. The number of benzene rings is 2. The monoisotopic (exact) mass is 273 g/mol. The highest BCUT2D eigenvalue weighted by atomic mass is 16.1. The number of carbonyl (C=O) groups excluding carboxylic acids is 1. The molecule has 21 heavy (non-hydrogen) atoms. The number of rotatable bonds is 4. The molecular weight excluding hydrogens is 258 g/mol. The number of nitrogens with one attached hydrogen (secondary N) is 1. The largest absolute Gasteiger partial charge is 0.361 e. The van der Waals surface area contributed by atoms with Gasteiger partial charge in [0, 0.05) is 17.1 Å². The second-order valence-electron chi connectivity index (χ2n) is 4.77. The second kappa shape index (κ2) is 6.06. The van der Waals surface area contributed by atoms with Crippen molar-refractivity contribution in [2.24, 2.45) is 0 Å². The first-order valence-corrected chi connectivity index (χ1v) is 6.84. The first-order valence-electron chi connectivity index (χ1n) is 6.84. The summed E-state index contributed by atoms with van der Waals surface area (Å²) in [6.07, 6.45) is 8.75. The summed E-state index contributed by atoms with van der Waals surface area (Å²) in [6, 6.07) is 17.8. The Hall–Kier alpha value is -2.87. The molecule has 0 fully saturated rings. The standard InChI is InChI=1S/C19H15NO/c21-17(12-10-15-6-2-1-3-7-15)13-11-16-14-20-19-9-5-4-8-18(16)19/h1-14,20H/b12-10+,13-11+. The van der Waals surface area contributed by atoms with Gasteiger partial charge in [-0.05, 0) is 35.4 Å². The fraction of sp³-hybridized carbons (Fsp3) is 0. The highest BCUT2D eigenvalue weighted by Gasteiger charge is 1.99. The smallest absolute Gasteiger partial charge is 0.178 e. The number of aromatic amines is 1. The van der Waals surface area contributed by atoms with Gasteiger partial charge >= 0.3 is 0 Å². The molecule has 102 valence electrons. The molecule has 0 bridgehead atoms. The lowest BCUT2D eigenvalue weighted by Gasteiger charge is -1.91. The van der Waals surface area contributed by atoms with Gasteiger partial charge in [0.1, 0.15) is 0 Å². The van der Waals surface area contributed by atoms with Crippen molar-refractivity contribution in [1.29, 1.82) is 0 Å². The highest BCUT2D eigenvalue weighted by Crippen LogP contribution is 2.18. The lowest BCUT2D eigenvalue weighted by atomic mass is 10.1. The van der Waals surface area contributed by atoms with E-state index in [0.29, 0.717) is 0 Å². The summed E-state index contributed by atoms with van der Waals surface area (Å²) in [6.45, 7) is 0. The van der Waals surface area contributed by atoms with Gasteiger partial charge in [-0.25, -0.2) is 0 Å². The maximum absolute atomic E-state index is 11.9. The molecule has 0 aliphatic heterocycles. The van der Waals surface area contributed by atoms with E-state index in [1.807, 2.05) is 72.9 Å². The number of ketones is 1. The van der Waals surface area contributed by atoms with Crippen molar-refractivity contribution in [2.75, 3.05) is 0 Å². The third-order valence-electron chi connectivity index (χ3n) is 3.29. The molecule has 2 heteroatoms. The Bertz CT molecular complexity index is 810. The van der Waals surface area contributed by atoms with Crippen molar-refractivity contribution in [1.82, 2.24) is 4.98 Å². The Balaban J connectivity index is 1.74. The van der Waals surface area contributed by atoms with E-state index in [1.165, 1.54) is 0 Å². The van der Waals surface area contributed by atoms with Crippen molar-refractivity contribution in [2.45, 2.75) is 0 Å². The second-order valence-corrected chi connectivity index (χ2v) is 4.77. The molecule has 0 atom stereocenters. The van der Waals surface area contributed by atoms with Gasteiger partial charge in [-0.15, -0.1) is 0 Å². The third kappa shape index (κ3) is 3.18. The normalized spacial score (nSPS) is 11.6. The SMILES string of the molecule is O=C(/C=C/c1ccccc1)/C=C/c1c[nH]c2ccccc12. The molecule has 2 aromatic carbocycles. The molecule has 3 aromatic rings. The average Bonchev–Trinajstić information content (AvgIpc) is 2.95. The van der Waals surface area contributed by atoms with Crippen molar-refractivity contribution in [3.05, 3.63) is 84.1 Å². The predicted molar refractivity (Wildman–Crippen MR) is 87.8 cm³/mol. The van der Waals surface area contributed by atoms with Crippen LogP contribution in [0.4, 0.5) is 0 Å². The van der Waals surface area contributed by atoms with E-state index < -0.39 is 0 Å². The molecule has 0 aliphatic carbocycles. The van der Waals surface area contributed by atoms with Crippen molar-refractivity contribution < 1.29 is 4.79 Å². The van der Waals surface area contributed by atoms with Gasteiger partial charge in [0.2, 0.25) is 0 Å². The number of fused-ring (bicyclic) bond motifs is 1. The van der Waals surface area contributed by atoms with Crippen LogP contribution < -0.4 is 0 Å². The van der Waals surface area contributed by atoms with Gasteiger partial charge in [-0.2, -0.15) is 0 Å². The van der Waals surface area contributed by atoms with Gasteiger partial charge in [0.05, 0.1) is 0 Å². The van der Waals surface area contributed by atoms with E-state index >= 15 is 0 Å². The third-order valence-corrected chi connectivity index (χ3v) is 3.29. The molecule has 0 spiro atoms. The lowest BCUT2D eigenvalue weighted by Crippen LogP contribution is -1.84. The van der Waals surface area contributed by atoms with E-state index in [-0.39, 0.29) is 5.78 Å². The van der Waals surface area contributed by atoms with Crippen LogP contribution in [0.5, 0.6) is 0 Å². The van der Waals surface area contributed by atoms with Gasteiger partial charge in [0.25, 0.3) is 0 Å². The average molecular weight is 273 g/mol. The number of aromatic nitrogens is 1. The minimum Gasteiger partial charge on any atom is -0.361 e. The number of hydrogen-bond acceptors (Lipinski definition) is 1. The molecule has 1 N–H and O–H groups in total. The Morgan fingerprint density at radius 1 is 0.857 bits per heavy atom. The summed E-state index contributed by atoms with van der Waals surface area (Å²) < 4.78 is 0. The molecule has 3 rings (SSSR count). The first kappa shape index (κ1) is 13.1. The van der Waals surface area contributed by atoms with Gasteiger partial charge in [0.15, 0.2) is 5.78 Å². The van der Waals surface area contributed by atoms with Crippen molar-refractivity contribution >= 4 is 28.8 Å². The van der Waals surface area contributed by atoms with Crippen LogP contribution in [0, 0.1) is 0 Å². The zero-order chi connectivity index (χ0) is 14.5. The van der Waals surface area contributed by atoms with Gasteiger partial charge < -0.3 is 4.98 Å². The van der Waals surface area contributed by atoms with Crippen LogP contribution in [-0.4, -0.2) is 10.8 Å². The molecular formula is C19H15NO. The maximum atomic E-state index is 11.9. The molecule has 0 radical (unpaired) electrons. The Morgan fingerprint density at radius 3 is 2.43 bits per heavy atom. The predicted octanol–water partition coefficient (Wildman–Crippen LogP) is 4.46. The van der Waals surface area contributed by atoms with Gasteiger partial charge in [-0.1, -0.05) is 54.6 Å². The first-order chi connectivity index (χ1) is 10.3. The Morgan fingerprint density at radius 2 is 1.57 bits per heavy atom. The number of carbonyl (C=O) groups is 1. The number of hydrogen-bond donors (Lipinski definition) is 1.